The Balaban J connectivity index is 2.63. The van der Waals surface area contributed by atoms with Gasteiger partial charge in [-0.2, -0.15) is 0 Å². The lowest BCUT2D eigenvalue weighted by atomic mass is 10.4. The smallest absolute Gasteiger partial charge is 0.150 e. The number of allylic oxidation sites excluding steroid dienone is 2. The van der Waals surface area contributed by atoms with Crippen LogP contribution >= 0.6 is 48.0 Å². The number of hydrazine groups is 2. The molecule has 1 aliphatic heterocycles. The normalized spacial score (nSPS) is 13.9. The maximum Gasteiger partial charge on any atom is 0.150 e. The lowest BCUT2D eigenvalue weighted by molar-refractivity contribution is 0.463. The summed E-state index contributed by atoms with van der Waals surface area (Å²) in [7, 11) is 0. The molecular formula is C8H13N5S4. The highest BCUT2D eigenvalue weighted by Gasteiger charge is 2.20. The fraction of sp³-hybridized carbons (Fsp3) is 0.250. The fourth-order valence-electron chi connectivity index (χ4n) is 1.05. The van der Waals surface area contributed by atoms with Crippen LogP contribution in [0, 0.1) is 0 Å². The maximum absolute atomic E-state index is 5.27. The van der Waals surface area contributed by atoms with E-state index in [-0.39, 0.29) is 4.71 Å². The largest absolute Gasteiger partial charge is 0.353 e. The minimum atomic E-state index is -0.0108. The standard InChI is InChI=1S/C8H13N5S4/c9-11-6(14)16-8(17-7(15)12-10)13-4-2-1-3-5-13/h1-4,8H,5,9-10H2,(H,11,14)(H,12,15). The van der Waals surface area contributed by atoms with Crippen molar-refractivity contribution in [3.63, 3.8) is 0 Å². The number of nitrogens with two attached hydrogens (primary N) is 2. The van der Waals surface area contributed by atoms with E-state index in [1.807, 2.05) is 24.4 Å². The van der Waals surface area contributed by atoms with Gasteiger partial charge in [-0.05, 0) is 6.08 Å². The molecule has 5 nitrogen and oxygen atoms in total. The van der Waals surface area contributed by atoms with Crippen molar-refractivity contribution in [1.82, 2.24) is 15.8 Å². The van der Waals surface area contributed by atoms with E-state index in [9.17, 15) is 0 Å². The summed E-state index contributed by atoms with van der Waals surface area (Å²) in [6.07, 6.45) is 7.96. The van der Waals surface area contributed by atoms with E-state index < -0.39 is 0 Å². The predicted octanol–water partition coefficient (Wildman–Crippen LogP) is 0.618. The van der Waals surface area contributed by atoms with Crippen LogP contribution in [0.3, 0.4) is 0 Å². The maximum atomic E-state index is 5.27. The molecule has 9 heteroatoms. The third-order valence-corrected chi connectivity index (χ3v) is 4.76. The average molecular weight is 307 g/mol. The molecule has 0 radical (unpaired) electrons. The first kappa shape index (κ1) is 14.7. The molecule has 0 aromatic rings. The second-order valence-electron chi connectivity index (χ2n) is 2.87. The van der Waals surface area contributed by atoms with Gasteiger partial charge in [0.15, 0.2) is 8.64 Å². The SMILES string of the molecule is NNC(=S)SC(SC(=S)NN)N1C=CC=CC1. The molecule has 0 spiro atoms. The monoisotopic (exact) mass is 307 g/mol. The van der Waals surface area contributed by atoms with Crippen molar-refractivity contribution in [1.29, 1.82) is 0 Å². The highest BCUT2D eigenvalue weighted by molar-refractivity contribution is 8.36. The van der Waals surface area contributed by atoms with Gasteiger partial charge in [0.1, 0.15) is 4.71 Å². The highest BCUT2D eigenvalue weighted by atomic mass is 32.2. The predicted molar refractivity (Wildman–Crippen MR) is 83.8 cm³/mol. The molecule has 94 valence electrons. The number of hydrogen-bond acceptors (Lipinski definition) is 7. The van der Waals surface area contributed by atoms with Crippen LogP contribution in [-0.4, -0.2) is 24.8 Å². The van der Waals surface area contributed by atoms with Crippen molar-refractivity contribution < 1.29 is 0 Å². The quantitative estimate of drug-likeness (QED) is 0.260. The number of thiocarbonyl (C=S) groups is 2. The molecular weight excluding hydrogens is 294 g/mol. The fourth-order valence-corrected chi connectivity index (χ4v) is 3.82. The molecule has 0 aromatic heterocycles. The molecule has 1 heterocycles. The summed E-state index contributed by atoms with van der Waals surface area (Å²) in [6.45, 7) is 0.793. The Morgan fingerprint density at radius 2 is 1.76 bits per heavy atom. The van der Waals surface area contributed by atoms with E-state index in [4.69, 9.17) is 36.1 Å². The van der Waals surface area contributed by atoms with Crippen molar-refractivity contribution in [3.8, 4) is 0 Å². The number of nitrogens with one attached hydrogen (secondary N) is 2. The van der Waals surface area contributed by atoms with Gasteiger partial charge in [-0.3, -0.25) is 0 Å². The van der Waals surface area contributed by atoms with E-state index in [2.05, 4.69) is 15.8 Å². The Bertz CT molecular complexity index is 325. The molecule has 0 unspecified atom stereocenters. The molecule has 17 heavy (non-hydrogen) atoms. The third kappa shape index (κ3) is 5.23. The van der Waals surface area contributed by atoms with Crippen LogP contribution in [0.25, 0.3) is 0 Å². The molecule has 0 aromatic carbocycles. The van der Waals surface area contributed by atoms with Gasteiger partial charge < -0.3 is 15.8 Å². The van der Waals surface area contributed by atoms with Gasteiger partial charge in [0.25, 0.3) is 0 Å². The van der Waals surface area contributed by atoms with Gasteiger partial charge in [0.05, 0.1) is 0 Å². The summed E-state index contributed by atoms with van der Waals surface area (Å²) in [6, 6.07) is 0. The Kier molecular flexibility index (Phi) is 6.85. The Labute approximate surface area is 119 Å². The first-order valence-electron chi connectivity index (χ1n) is 4.61. The van der Waals surface area contributed by atoms with Crippen molar-refractivity contribution in [2.75, 3.05) is 6.54 Å². The van der Waals surface area contributed by atoms with Gasteiger partial charge in [-0.1, -0.05) is 60.1 Å². The summed E-state index contributed by atoms with van der Waals surface area (Å²) in [5.74, 6) is 10.5. The summed E-state index contributed by atoms with van der Waals surface area (Å²) in [5, 5.41) is 0. The van der Waals surface area contributed by atoms with Gasteiger partial charge >= 0.3 is 0 Å². The molecule has 0 fully saturated rings. The second-order valence-corrected chi connectivity index (χ2v) is 6.69. The van der Waals surface area contributed by atoms with E-state index in [1.54, 1.807) is 0 Å². The van der Waals surface area contributed by atoms with Crippen LogP contribution in [0.5, 0.6) is 0 Å². The van der Waals surface area contributed by atoms with Gasteiger partial charge in [-0.15, -0.1) is 0 Å². The minimum Gasteiger partial charge on any atom is -0.353 e. The second kappa shape index (κ2) is 7.90. The number of rotatable bonds is 3. The topological polar surface area (TPSA) is 79.3 Å². The molecule has 0 atom stereocenters. The summed E-state index contributed by atoms with van der Waals surface area (Å²) < 4.78 is 0.999. The van der Waals surface area contributed by atoms with Crippen LogP contribution in [0.2, 0.25) is 0 Å². The van der Waals surface area contributed by atoms with E-state index in [0.717, 1.165) is 6.54 Å². The Morgan fingerprint density at radius 3 is 2.18 bits per heavy atom. The first-order chi connectivity index (χ1) is 8.17. The molecule has 1 aliphatic rings. The zero-order chi connectivity index (χ0) is 12.7. The molecule has 0 aliphatic carbocycles. The van der Waals surface area contributed by atoms with E-state index in [1.165, 1.54) is 23.5 Å². The van der Waals surface area contributed by atoms with Crippen LogP contribution in [0.1, 0.15) is 0 Å². The van der Waals surface area contributed by atoms with Crippen LogP contribution < -0.4 is 22.5 Å². The van der Waals surface area contributed by atoms with Gasteiger partial charge in [0, 0.05) is 12.7 Å². The van der Waals surface area contributed by atoms with E-state index >= 15 is 0 Å². The van der Waals surface area contributed by atoms with Crippen LogP contribution in [0.4, 0.5) is 0 Å². The highest BCUT2D eigenvalue weighted by Crippen LogP contribution is 2.29. The average Bonchev–Trinajstić information content (AvgIpc) is 2.38. The third-order valence-electron chi connectivity index (χ3n) is 1.76. The molecule has 1 rings (SSSR count). The number of hydrogen-bond donors (Lipinski definition) is 4. The number of thioether (sulfide) groups is 2. The Morgan fingerprint density at radius 1 is 1.18 bits per heavy atom. The van der Waals surface area contributed by atoms with Gasteiger partial charge in [0.2, 0.25) is 0 Å². The number of nitrogens with zero attached hydrogens (tertiary/aromatic N) is 1. The lowest BCUT2D eigenvalue weighted by Crippen LogP contribution is -2.35. The van der Waals surface area contributed by atoms with Gasteiger partial charge in [-0.25, -0.2) is 11.7 Å². The molecule has 0 bridgehead atoms. The van der Waals surface area contributed by atoms with Crippen molar-refractivity contribution in [2.24, 2.45) is 11.7 Å². The first-order valence-corrected chi connectivity index (χ1v) is 7.18. The summed E-state index contributed by atoms with van der Waals surface area (Å²) in [4.78, 5) is 2.09. The molecule has 6 N–H and O–H groups in total. The van der Waals surface area contributed by atoms with Crippen molar-refractivity contribution in [3.05, 3.63) is 24.4 Å². The van der Waals surface area contributed by atoms with Crippen molar-refractivity contribution >= 4 is 56.6 Å². The molecule has 0 amide bonds. The summed E-state index contributed by atoms with van der Waals surface area (Å²) >= 11 is 12.9. The Hall–Kier alpha value is -0.320. The minimum absolute atomic E-state index is 0.0108. The summed E-state index contributed by atoms with van der Waals surface area (Å²) in [5.41, 5.74) is 4.89. The zero-order valence-electron chi connectivity index (χ0n) is 8.83. The van der Waals surface area contributed by atoms with E-state index in [0.29, 0.717) is 8.64 Å². The van der Waals surface area contributed by atoms with Crippen LogP contribution in [-0.2, 0) is 0 Å². The molecule has 0 saturated heterocycles. The van der Waals surface area contributed by atoms with Crippen LogP contribution in [0.15, 0.2) is 24.4 Å². The van der Waals surface area contributed by atoms with Crippen molar-refractivity contribution in [2.45, 2.75) is 4.71 Å². The molecule has 0 saturated carbocycles. The zero-order valence-corrected chi connectivity index (χ0v) is 12.1. The lowest BCUT2D eigenvalue weighted by Gasteiger charge is -2.29.